The summed E-state index contributed by atoms with van der Waals surface area (Å²) < 4.78 is 14.2. The van der Waals surface area contributed by atoms with E-state index in [9.17, 15) is 14.0 Å². The largest absolute Gasteiger partial charge is 0.324 e. The fourth-order valence-corrected chi connectivity index (χ4v) is 2.56. The molecule has 24 heavy (non-hydrogen) atoms. The lowest BCUT2D eigenvalue weighted by atomic mass is 10.1. The van der Waals surface area contributed by atoms with Gasteiger partial charge in [0.15, 0.2) is 0 Å². The van der Waals surface area contributed by atoms with Crippen molar-refractivity contribution in [1.29, 1.82) is 0 Å². The second-order valence-electron chi connectivity index (χ2n) is 5.10. The highest BCUT2D eigenvalue weighted by Crippen LogP contribution is 2.21. The summed E-state index contributed by atoms with van der Waals surface area (Å²) >= 11 is 0. The van der Waals surface area contributed by atoms with E-state index in [-0.39, 0.29) is 17.2 Å². The summed E-state index contributed by atoms with van der Waals surface area (Å²) in [6, 6.07) is 12.4. The summed E-state index contributed by atoms with van der Waals surface area (Å²) in [5, 5.41) is 8.01. The van der Waals surface area contributed by atoms with Crippen LogP contribution in [0.15, 0.2) is 48.5 Å². The summed E-state index contributed by atoms with van der Waals surface area (Å²) in [5.41, 5.74) is 0.474. The molecule has 5 nitrogen and oxygen atoms in total. The molecule has 2 atom stereocenters. The third kappa shape index (κ3) is 4.37. The maximum absolute atomic E-state index is 14.2. The molecule has 0 fully saturated rings. The van der Waals surface area contributed by atoms with Crippen LogP contribution in [0.3, 0.4) is 0 Å². The molecule has 0 bridgehead atoms. The van der Waals surface area contributed by atoms with Crippen LogP contribution in [0.25, 0.3) is 0 Å². The normalized spacial score (nSPS) is 11.6. The van der Waals surface area contributed by atoms with Gasteiger partial charge in [0.2, 0.25) is 5.91 Å². The van der Waals surface area contributed by atoms with Crippen LogP contribution >= 0.6 is 9.39 Å². The van der Waals surface area contributed by atoms with E-state index in [0.717, 1.165) is 0 Å². The van der Waals surface area contributed by atoms with Gasteiger partial charge in [-0.3, -0.25) is 14.7 Å². The molecule has 0 aromatic heterocycles. The quantitative estimate of drug-likeness (QED) is 0.703. The molecular formula is C17H19FN3O2P. The zero-order valence-corrected chi connectivity index (χ0v) is 14.3. The van der Waals surface area contributed by atoms with Crippen LogP contribution in [0.4, 0.5) is 15.8 Å². The lowest BCUT2D eigenvalue weighted by molar-refractivity contribution is -0.117. The van der Waals surface area contributed by atoms with E-state index >= 15 is 0 Å². The van der Waals surface area contributed by atoms with Crippen LogP contribution in [-0.2, 0) is 4.79 Å². The number of para-hydroxylation sites is 1. The van der Waals surface area contributed by atoms with E-state index in [4.69, 9.17) is 0 Å². The van der Waals surface area contributed by atoms with Crippen molar-refractivity contribution in [2.45, 2.75) is 19.4 Å². The van der Waals surface area contributed by atoms with Gasteiger partial charge < -0.3 is 10.6 Å². The second kappa shape index (κ2) is 8.52. The standard InChI is InChI=1S/C17H19FN3O2P/c1-2-13(21-24)16(22)20-14-10-6-9-12(18)15(14)17(23)19-11-7-4-3-5-8-11/h3-10,13,21H,2,24H2,1H3,(H,19,23)(H,20,22)/t13-/m0/s1. The van der Waals surface area contributed by atoms with E-state index in [0.29, 0.717) is 12.1 Å². The first-order valence-electron chi connectivity index (χ1n) is 7.48. The van der Waals surface area contributed by atoms with Gasteiger partial charge in [0.25, 0.3) is 5.91 Å². The lowest BCUT2D eigenvalue weighted by Gasteiger charge is -2.16. The number of nitrogens with one attached hydrogen (secondary N) is 3. The Bertz CT molecular complexity index is 721. The average Bonchev–Trinajstić information content (AvgIpc) is 2.57. The fraction of sp³-hybridized carbons (Fsp3) is 0.176. The monoisotopic (exact) mass is 347 g/mol. The molecule has 2 aromatic rings. The predicted molar refractivity (Wildman–Crippen MR) is 96.3 cm³/mol. The van der Waals surface area contributed by atoms with Gasteiger partial charge in [0, 0.05) is 5.69 Å². The Morgan fingerprint density at radius 1 is 1.08 bits per heavy atom. The van der Waals surface area contributed by atoms with E-state index in [1.54, 1.807) is 24.3 Å². The summed E-state index contributed by atoms with van der Waals surface area (Å²) in [6.45, 7) is 1.84. The van der Waals surface area contributed by atoms with Crippen molar-refractivity contribution >= 4 is 32.6 Å². The van der Waals surface area contributed by atoms with Crippen LogP contribution in [0.5, 0.6) is 0 Å². The van der Waals surface area contributed by atoms with Crippen molar-refractivity contribution in [2.24, 2.45) is 0 Å². The first-order chi connectivity index (χ1) is 11.6. The Hall–Kier alpha value is -2.30. The Balaban J connectivity index is 2.26. The molecule has 2 amide bonds. The summed E-state index contributed by atoms with van der Waals surface area (Å²) in [6.07, 6.45) is 0.552. The zero-order valence-electron chi connectivity index (χ0n) is 13.2. The number of rotatable bonds is 6. The predicted octanol–water partition coefficient (Wildman–Crippen LogP) is 3.17. The summed E-state index contributed by atoms with van der Waals surface area (Å²) in [5.74, 6) is -1.67. The van der Waals surface area contributed by atoms with E-state index in [1.807, 2.05) is 13.0 Å². The fourth-order valence-electron chi connectivity index (χ4n) is 2.17. The number of anilines is 2. The number of hydrogen-bond acceptors (Lipinski definition) is 3. The SMILES string of the molecule is CC[C@H](NP)C(=O)Nc1cccc(F)c1C(=O)Nc1ccccc1. The number of carbonyl (C=O) groups is 2. The number of benzene rings is 2. The zero-order chi connectivity index (χ0) is 17.5. The molecule has 0 heterocycles. The van der Waals surface area contributed by atoms with Crippen molar-refractivity contribution in [2.75, 3.05) is 10.6 Å². The minimum atomic E-state index is -0.701. The second-order valence-corrected chi connectivity index (χ2v) is 5.43. The van der Waals surface area contributed by atoms with E-state index < -0.39 is 17.8 Å². The van der Waals surface area contributed by atoms with Gasteiger partial charge >= 0.3 is 0 Å². The maximum atomic E-state index is 14.2. The van der Waals surface area contributed by atoms with Gasteiger partial charge in [-0.15, -0.1) is 0 Å². The Morgan fingerprint density at radius 3 is 2.42 bits per heavy atom. The minimum absolute atomic E-state index is 0.132. The van der Waals surface area contributed by atoms with Crippen molar-refractivity contribution in [1.82, 2.24) is 5.09 Å². The summed E-state index contributed by atoms with van der Waals surface area (Å²) in [7, 11) is 2.27. The molecule has 0 radical (unpaired) electrons. The molecule has 7 heteroatoms. The highest BCUT2D eigenvalue weighted by atomic mass is 31.0. The van der Waals surface area contributed by atoms with Crippen LogP contribution in [0, 0.1) is 5.82 Å². The molecule has 0 saturated heterocycles. The highest BCUT2D eigenvalue weighted by Gasteiger charge is 2.21. The first kappa shape index (κ1) is 18.0. The van der Waals surface area contributed by atoms with Crippen LogP contribution < -0.4 is 15.7 Å². The number of hydrogen-bond donors (Lipinski definition) is 3. The van der Waals surface area contributed by atoms with Gasteiger partial charge in [0.1, 0.15) is 5.82 Å². The van der Waals surface area contributed by atoms with Gasteiger partial charge in [0.05, 0.1) is 17.3 Å². The molecule has 0 aliphatic carbocycles. The average molecular weight is 347 g/mol. The molecular weight excluding hydrogens is 328 g/mol. The van der Waals surface area contributed by atoms with Gasteiger partial charge in [-0.2, -0.15) is 0 Å². The molecule has 0 aliphatic heterocycles. The lowest BCUT2D eigenvalue weighted by Crippen LogP contribution is -2.35. The van der Waals surface area contributed by atoms with Crippen molar-refractivity contribution in [3.8, 4) is 0 Å². The summed E-state index contributed by atoms with van der Waals surface area (Å²) in [4.78, 5) is 24.6. The number of carbonyl (C=O) groups excluding carboxylic acids is 2. The van der Waals surface area contributed by atoms with Crippen LogP contribution in [0.1, 0.15) is 23.7 Å². The number of amides is 2. The molecule has 1 unspecified atom stereocenters. The molecule has 0 spiro atoms. The maximum Gasteiger partial charge on any atom is 0.260 e. The van der Waals surface area contributed by atoms with Crippen molar-refractivity contribution in [3.05, 3.63) is 59.9 Å². The molecule has 126 valence electrons. The Morgan fingerprint density at radius 2 is 1.79 bits per heavy atom. The molecule has 0 saturated carbocycles. The van der Waals surface area contributed by atoms with Crippen molar-refractivity contribution in [3.63, 3.8) is 0 Å². The molecule has 3 N–H and O–H groups in total. The van der Waals surface area contributed by atoms with Gasteiger partial charge in [-0.05, 0) is 30.7 Å². The van der Waals surface area contributed by atoms with Gasteiger partial charge in [-0.1, -0.05) is 40.6 Å². The third-order valence-corrected chi connectivity index (χ3v) is 3.86. The van der Waals surface area contributed by atoms with Crippen LogP contribution in [0.2, 0.25) is 0 Å². The molecule has 0 aliphatic rings. The van der Waals surface area contributed by atoms with Crippen molar-refractivity contribution < 1.29 is 14.0 Å². The Kier molecular flexibility index (Phi) is 6.41. The van der Waals surface area contributed by atoms with E-state index in [2.05, 4.69) is 25.1 Å². The first-order valence-corrected chi connectivity index (χ1v) is 8.06. The highest BCUT2D eigenvalue weighted by molar-refractivity contribution is 7.13. The number of halogens is 1. The van der Waals surface area contributed by atoms with Gasteiger partial charge in [-0.25, -0.2) is 4.39 Å². The molecule has 2 aromatic carbocycles. The topological polar surface area (TPSA) is 70.2 Å². The smallest absolute Gasteiger partial charge is 0.260 e. The Labute approximate surface area is 142 Å². The molecule has 2 rings (SSSR count). The minimum Gasteiger partial charge on any atom is -0.324 e. The van der Waals surface area contributed by atoms with E-state index in [1.165, 1.54) is 18.2 Å². The van der Waals surface area contributed by atoms with Crippen LogP contribution in [-0.4, -0.2) is 17.9 Å². The third-order valence-electron chi connectivity index (χ3n) is 3.46.